The van der Waals surface area contributed by atoms with Crippen LogP contribution in [0.3, 0.4) is 0 Å². The van der Waals surface area contributed by atoms with Crippen molar-refractivity contribution in [1.82, 2.24) is 0 Å². The smallest absolute Gasteiger partial charge is 0.123 e. The van der Waals surface area contributed by atoms with Crippen molar-refractivity contribution in [2.45, 2.75) is 0 Å². The Labute approximate surface area is 90.7 Å². The molecule has 0 bridgehead atoms. The van der Waals surface area contributed by atoms with E-state index in [1.807, 2.05) is 12.1 Å². The molecule has 72 valence electrons. The molecule has 3 rings (SSSR count). The minimum Gasteiger partial charge on any atom is -0.399 e. The van der Waals surface area contributed by atoms with Crippen LogP contribution >= 0.6 is 0 Å². The average Bonchev–Trinajstić information content (AvgIpc) is 2.53. The summed E-state index contributed by atoms with van der Waals surface area (Å²) in [6.07, 6.45) is 0. The van der Waals surface area contributed by atoms with Gasteiger partial charge >= 0.3 is 0 Å². The molecule has 0 amide bonds. The molecule has 0 saturated heterocycles. The Bertz CT molecular complexity index is 500. The third kappa shape index (κ3) is 1.24. The minimum atomic E-state index is 0.684. The van der Waals surface area contributed by atoms with Gasteiger partial charge in [0.25, 0.3) is 0 Å². The second-order valence-corrected chi connectivity index (χ2v) is 5.06. The molecule has 0 fully saturated rings. The Balaban J connectivity index is 2.24. The summed E-state index contributed by atoms with van der Waals surface area (Å²) in [6, 6.07) is 12.2. The van der Waals surface area contributed by atoms with E-state index in [4.69, 9.17) is 11.5 Å². The van der Waals surface area contributed by atoms with Crippen molar-refractivity contribution in [2.24, 2.45) is 0 Å². The summed E-state index contributed by atoms with van der Waals surface area (Å²) in [7, 11) is 0.684. The lowest BCUT2D eigenvalue weighted by Crippen LogP contribution is -2.21. The Hall–Kier alpha value is -1.74. The molecule has 3 heteroatoms. The van der Waals surface area contributed by atoms with Crippen LogP contribution in [0.2, 0.25) is 0 Å². The number of rotatable bonds is 0. The van der Waals surface area contributed by atoms with Gasteiger partial charge in [-0.3, -0.25) is 0 Å². The molecule has 0 aliphatic carbocycles. The molecule has 2 aromatic carbocycles. The van der Waals surface area contributed by atoms with Gasteiger partial charge in [-0.2, -0.15) is 0 Å². The van der Waals surface area contributed by atoms with E-state index in [1.165, 1.54) is 21.5 Å². The molecular weight excluding hydrogens is 200 g/mol. The maximum Gasteiger partial charge on any atom is 0.123 e. The maximum absolute atomic E-state index is 5.78. The highest BCUT2D eigenvalue weighted by molar-refractivity contribution is 6.73. The lowest BCUT2D eigenvalue weighted by atomic mass is 10.1. The number of nitrogens with two attached hydrogens (primary N) is 2. The molecule has 0 saturated carbocycles. The fourth-order valence-electron chi connectivity index (χ4n) is 1.95. The molecule has 0 spiro atoms. The quantitative estimate of drug-likeness (QED) is 0.419. The molecule has 2 radical (unpaired) electrons. The zero-order valence-electron chi connectivity index (χ0n) is 8.12. The highest BCUT2D eigenvalue weighted by Gasteiger charge is 2.18. The van der Waals surface area contributed by atoms with Gasteiger partial charge in [-0.1, -0.05) is 12.1 Å². The summed E-state index contributed by atoms with van der Waals surface area (Å²) < 4.78 is 0. The normalized spacial score (nSPS) is 12.3. The van der Waals surface area contributed by atoms with E-state index in [1.54, 1.807) is 0 Å². The number of hydrogen-bond acceptors (Lipinski definition) is 2. The first-order valence-electron chi connectivity index (χ1n) is 4.80. The van der Waals surface area contributed by atoms with Crippen molar-refractivity contribution in [3.63, 3.8) is 0 Å². The monoisotopic (exact) mass is 210 g/mol. The van der Waals surface area contributed by atoms with Gasteiger partial charge in [-0.05, 0) is 45.8 Å². The Kier molecular flexibility index (Phi) is 1.64. The van der Waals surface area contributed by atoms with Crippen molar-refractivity contribution in [1.29, 1.82) is 0 Å². The highest BCUT2D eigenvalue weighted by Crippen LogP contribution is 2.22. The third-order valence-corrected chi connectivity index (χ3v) is 4.01. The molecule has 1 aliphatic rings. The maximum atomic E-state index is 5.78. The van der Waals surface area contributed by atoms with Crippen LogP contribution in [-0.4, -0.2) is 9.52 Å². The molecule has 0 unspecified atom stereocenters. The SMILES string of the molecule is Nc1ccc2c(c1)[Si]c1cc(N)ccc1-2. The molecular formula is C12H10N2Si. The Morgan fingerprint density at radius 2 is 1.20 bits per heavy atom. The van der Waals surface area contributed by atoms with Crippen molar-refractivity contribution in [3.8, 4) is 11.1 Å². The van der Waals surface area contributed by atoms with Gasteiger partial charge < -0.3 is 11.5 Å². The van der Waals surface area contributed by atoms with Crippen LogP contribution < -0.4 is 21.8 Å². The lowest BCUT2D eigenvalue weighted by Gasteiger charge is -2.02. The number of fused-ring (bicyclic) bond motifs is 3. The predicted molar refractivity (Wildman–Crippen MR) is 65.7 cm³/mol. The zero-order valence-corrected chi connectivity index (χ0v) is 9.12. The van der Waals surface area contributed by atoms with Gasteiger partial charge in [0.2, 0.25) is 0 Å². The van der Waals surface area contributed by atoms with E-state index in [9.17, 15) is 0 Å². The van der Waals surface area contributed by atoms with Crippen LogP contribution in [-0.2, 0) is 0 Å². The lowest BCUT2D eigenvalue weighted by molar-refractivity contribution is 1.68. The van der Waals surface area contributed by atoms with Gasteiger partial charge in [0.1, 0.15) is 9.52 Å². The first-order valence-corrected chi connectivity index (χ1v) is 5.80. The molecule has 2 nitrogen and oxygen atoms in total. The second-order valence-electron chi connectivity index (χ2n) is 3.74. The number of nitrogen functional groups attached to an aromatic ring is 2. The van der Waals surface area contributed by atoms with Crippen molar-refractivity contribution >= 4 is 31.3 Å². The minimum absolute atomic E-state index is 0.684. The predicted octanol–water partition coefficient (Wildman–Crippen LogP) is 0.486. The highest BCUT2D eigenvalue weighted by atomic mass is 28.2. The van der Waals surface area contributed by atoms with E-state index < -0.39 is 0 Å². The molecule has 15 heavy (non-hydrogen) atoms. The van der Waals surface area contributed by atoms with Crippen LogP contribution in [0.25, 0.3) is 11.1 Å². The second kappa shape index (κ2) is 2.87. The van der Waals surface area contributed by atoms with Gasteiger partial charge in [0.05, 0.1) is 0 Å². The van der Waals surface area contributed by atoms with Crippen LogP contribution in [0.15, 0.2) is 36.4 Å². The van der Waals surface area contributed by atoms with Crippen LogP contribution in [0, 0.1) is 0 Å². The number of benzene rings is 2. The first-order chi connectivity index (χ1) is 7.24. The molecule has 1 heterocycles. The fraction of sp³-hybridized carbons (Fsp3) is 0. The molecule has 4 N–H and O–H groups in total. The molecule has 0 atom stereocenters. The first kappa shape index (κ1) is 8.56. The summed E-state index contributed by atoms with van der Waals surface area (Å²) in [4.78, 5) is 0. The number of anilines is 2. The topological polar surface area (TPSA) is 52.0 Å². The van der Waals surface area contributed by atoms with E-state index in [0.29, 0.717) is 9.52 Å². The van der Waals surface area contributed by atoms with Gasteiger partial charge in [0, 0.05) is 11.4 Å². The average molecular weight is 210 g/mol. The Morgan fingerprint density at radius 1 is 0.733 bits per heavy atom. The molecule has 1 aliphatic heterocycles. The van der Waals surface area contributed by atoms with E-state index in [0.717, 1.165) is 11.4 Å². The number of hydrogen-bond donors (Lipinski definition) is 2. The Morgan fingerprint density at radius 3 is 1.67 bits per heavy atom. The summed E-state index contributed by atoms with van der Waals surface area (Å²) in [5.41, 5.74) is 15.8. The van der Waals surface area contributed by atoms with Crippen LogP contribution in [0.5, 0.6) is 0 Å². The van der Waals surface area contributed by atoms with Crippen LogP contribution in [0.1, 0.15) is 0 Å². The summed E-state index contributed by atoms with van der Waals surface area (Å²) in [5, 5.41) is 2.66. The van der Waals surface area contributed by atoms with E-state index >= 15 is 0 Å². The standard InChI is InChI=1S/C12H10N2Si/c13-7-1-3-9-10-4-2-8(14)6-12(10)15-11(9)5-7/h1-6H,13-14H2. The fourth-order valence-corrected chi connectivity index (χ4v) is 3.42. The summed E-state index contributed by atoms with van der Waals surface area (Å²) in [6.45, 7) is 0. The third-order valence-electron chi connectivity index (χ3n) is 2.65. The summed E-state index contributed by atoms with van der Waals surface area (Å²) in [5.74, 6) is 0. The van der Waals surface area contributed by atoms with Gasteiger partial charge in [-0.25, -0.2) is 0 Å². The molecule has 0 aromatic heterocycles. The largest absolute Gasteiger partial charge is 0.399 e. The zero-order chi connectivity index (χ0) is 10.4. The van der Waals surface area contributed by atoms with Crippen LogP contribution in [0.4, 0.5) is 11.4 Å². The summed E-state index contributed by atoms with van der Waals surface area (Å²) >= 11 is 0. The van der Waals surface area contributed by atoms with Crippen molar-refractivity contribution < 1.29 is 0 Å². The van der Waals surface area contributed by atoms with Crippen molar-refractivity contribution in [2.75, 3.05) is 11.5 Å². The van der Waals surface area contributed by atoms with Crippen molar-refractivity contribution in [3.05, 3.63) is 36.4 Å². The van der Waals surface area contributed by atoms with Gasteiger partial charge in [-0.15, -0.1) is 0 Å². The van der Waals surface area contributed by atoms with E-state index in [-0.39, 0.29) is 0 Å². The molecule has 2 aromatic rings. The van der Waals surface area contributed by atoms with E-state index in [2.05, 4.69) is 24.3 Å². The van der Waals surface area contributed by atoms with Gasteiger partial charge in [0.15, 0.2) is 0 Å².